The molecule has 1 aromatic rings. The van der Waals surface area contributed by atoms with Crippen molar-refractivity contribution in [3.8, 4) is 0 Å². The van der Waals surface area contributed by atoms with Crippen LogP contribution in [0, 0.1) is 5.82 Å². The summed E-state index contributed by atoms with van der Waals surface area (Å²) in [5, 5.41) is 2.34. The molecule has 0 aliphatic heterocycles. The number of nitrogens with one attached hydrogen (secondary N) is 1. The fourth-order valence-corrected chi connectivity index (χ4v) is 1.80. The second-order valence-corrected chi connectivity index (χ2v) is 5.81. The molecule has 1 rings (SSSR count). The number of amides is 1. The predicted octanol–water partition coefficient (Wildman–Crippen LogP) is 0.781. The molecule has 17 heavy (non-hydrogen) atoms. The second-order valence-electron chi connectivity index (χ2n) is 3.46. The largest absolute Gasteiger partial charge is 0.396 e. The third kappa shape index (κ3) is 4.03. The van der Waals surface area contributed by atoms with Gasteiger partial charge in [-0.25, -0.2) is 12.8 Å². The van der Waals surface area contributed by atoms with Crippen LogP contribution in [0.15, 0.2) is 18.2 Å². The molecule has 0 spiro atoms. The Morgan fingerprint density at radius 1 is 1.47 bits per heavy atom. The molecule has 0 aliphatic carbocycles. The van der Waals surface area contributed by atoms with E-state index in [-0.39, 0.29) is 17.1 Å². The summed E-state index contributed by atoms with van der Waals surface area (Å²) in [4.78, 5) is 11.4. The maximum Gasteiger partial charge on any atom is 0.239 e. The minimum atomic E-state index is -3.37. The predicted molar refractivity (Wildman–Crippen MR) is 63.8 cm³/mol. The maximum absolute atomic E-state index is 12.8. The number of nitrogen functional groups attached to an aromatic ring is 1. The van der Waals surface area contributed by atoms with Crippen molar-refractivity contribution >= 4 is 27.1 Å². The molecule has 94 valence electrons. The van der Waals surface area contributed by atoms with Gasteiger partial charge in [0, 0.05) is 11.4 Å². The van der Waals surface area contributed by atoms with Crippen molar-refractivity contribution < 1.29 is 17.6 Å². The molecule has 0 aromatic heterocycles. The zero-order valence-electron chi connectivity index (χ0n) is 9.23. The van der Waals surface area contributed by atoms with Gasteiger partial charge in [-0.3, -0.25) is 4.79 Å². The van der Waals surface area contributed by atoms with Gasteiger partial charge in [-0.1, -0.05) is 6.92 Å². The van der Waals surface area contributed by atoms with Crippen LogP contribution in [-0.2, 0) is 14.6 Å². The van der Waals surface area contributed by atoms with Crippen molar-refractivity contribution in [3.05, 3.63) is 24.0 Å². The van der Waals surface area contributed by atoms with E-state index in [1.807, 2.05) is 0 Å². The third-order valence-electron chi connectivity index (χ3n) is 2.07. The van der Waals surface area contributed by atoms with Crippen LogP contribution in [0.2, 0.25) is 0 Å². The molecule has 0 aliphatic rings. The topological polar surface area (TPSA) is 89.3 Å². The number of rotatable bonds is 4. The molecule has 5 nitrogen and oxygen atoms in total. The molecule has 3 N–H and O–H groups in total. The number of carbonyl (C=O) groups is 1. The molecule has 7 heteroatoms. The smallest absolute Gasteiger partial charge is 0.239 e. The number of nitrogens with two attached hydrogens (primary N) is 1. The van der Waals surface area contributed by atoms with Crippen LogP contribution in [-0.4, -0.2) is 25.8 Å². The highest BCUT2D eigenvalue weighted by Crippen LogP contribution is 2.16. The highest BCUT2D eigenvalue weighted by molar-refractivity contribution is 7.92. The Morgan fingerprint density at radius 3 is 2.65 bits per heavy atom. The molecule has 0 radical (unpaired) electrons. The van der Waals surface area contributed by atoms with Crippen molar-refractivity contribution in [2.24, 2.45) is 0 Å². The SMILES string of the molecule is CCS(=O)(=O)CC(=O)Nc1ccc(F)c(N)c1. The number of halogens is 1. The first-order chi connectivity index (χ1) is 7.84. The van der Waals surface area contributed by atoms with Crippen LogP contribution in [0.4, 0.5) is 15.8 Å². The van der Waals surface area contributed by atoms with Crippen LogP contribution >= 0.6 is 0 Å². The summed E-state index contributed by atoms with van der Waals surface area (Å²) in [5.74, 6) is -1.96. The molecule has 0 unspecified atom stereocenters. The lowest BCUT2D eigenvalue weighted by atomic mass is 10.2. The van der Waals surface area contributed by atoms with Crippen molar-refractivity contribution in [1.82, 2.24) is 0 Å². The second kappa shape index (κ2) is 5.13. The quantitative estimate of drug-likeness (QED) is 0.783. The van der Waals surface area contributed by atoms with E-state index in [0.717, 1.165) is 6.07 Å². The number of anilines is 2. The van der Waals surface area contributed by atoms with Gasteiger partial charge in [-0.2, -0.15) is 0 Å². The summed E-state index contributed by atoms with van der Waals surface area (Å²) in [6.45, 7) is 1.46. The molecule has 0 heterocycles. The molecule has 0 fully saturated rings. The maximum atomic E-state index is 12.8. The van der Waals surface area contributed by atoms with Crippen molar-refractivity contribution in [2.45, 2.75) is 6.92 Å². The Morgan fingerprint density at radius 2 is 2.12 bits per heavy atom. The van der Waals surface area contributed by atoms with E-state index in [4.69, 9.17) is 5.73 Å². The van der Waals surface area contributed by atoms with E-state index >= 15 is 0 Å². The third-order valence-corrected chi connectivity index (χ3v) is 3.65. The summed E-state index contributed by atoms with van der Waals surface area (Å²) in [5.41, 5.74) is 5.46. The van der Waals surface area contributed by atoms with Gasteiger partial charge < -0.3 is 11.1 Å². The first kappa shape index (κ1) is 13.4. The monoisotopic (exact) mass is 260 g/mol. The van der Waals surface area contributed by atoms with Crippen molar-refractivity contribution in [2.75, 3.05) is 22.6 Å². The summed E-state index contributed by atoms with van der Waals surface area (Å²) >= 11 is 0. The number of benzene rings is 1. The average molecular weight is 260 g/mol. The lowest BCUT2D eigenvalue weighted by molar-refractivity contribution is -0.113. The van der Waals surface area contributed by atoms with Crippen LogP contribution in [0.5, 0.6) is 0 Å². The molecule has 1 aromatic carbocycles. The van der Waals surface area contributed by atoms with Crippen molar-refractivity contribution in [1.29, 1.82) is 0 Å². The van der Waals surface area contributed by atoms with E-state index in [1.54, 1.807) is 0 Å². The summed E-state index contributed by atoms with van der Waals surface area (Å²) in [6, 6.07) is 3.63. The Labute approximate surface area is 98.7 Å². The number of hydrogen-bond acceptors (Lipinski definition) is 4. The summed E-state index contributed by atoms with van der Waals surface area (Å²) in [6.07, 6.45) is 0. The lowest BCUT2D eigenvalue weighted by Gasteiger charge is -2.06. The zero-order chi connectivity index (χ0) is 13.1. The van der Waals surface area contributed by atoms with Gasteiger partial charge in [-0.15, -0.1) is 0 Å². The van der Waals surface area contributed by atoms with E-state index in [0.29, 0.717) is 0 Å². The fourth-order valence-electron chi connectivity index (χ4n) is 1.12. The summed E-state index contributed by atoms with van der Waals surface area (Å²) < 4.78 is 35.2. The Kier molecular flexibility index (Phi) is 4.06. The number of hydrogen-bond donors (Lipinski definition) is 2. The van der Waals surface area contributed by atoms with Crippen molar-refractivity contribution in [3.63, 3.8) is 0 Å². The molecular weight excluding hydrogens is 247 g/mol. The van der Waals surface area contributed by atoms with E-state index in [9.17, 15) is 17.6 Å². The minimum absolute atomic E-state index is 0.105. The van der Waals surface area contributed by atoms with E-state index in [1.165, 1.54) is 19.1 Å². The van der Waals surface area contributed by atoms with Crippen LogP contribution in [0.1, 0.15) is 6.92 Å². The van der Waals surface area contributed by atoms with Gasteiger partial charge in [0.2, 0.25) is 5.91 Å². The van der Waals surface area contributed by atoms with Gasteiger partial charge in [0.1, 0.15) is 11.6 Å². The number of sulfone groups is 1. The molecule has 0 bridgehead atoms. The summed E-state index contributed by atoms with van der Waals surface area (Å²) in [7, 11) is -3.37. The fraction of sp³-hybridized carbons (Fsp3) is 0.300. The average Bonchev–Trinajstić information content (AvgIpc) is 2.23. The highest BCUT2D eigenvalue weighted by atomic mass is 32.2. The highest BCUT2D eigenvalue weighted by Gasteiger charge is 2.14. The minimum Gasteiger partial charge on any atom is -0.396 e. The first-order valence-corrected chi connectivity index (χ1v) is 6.71. The molecule has 0 saturated heterocycles. The van der Waals surface area contributed by atoms with Gasteiger partial charge in [0.25, 0.3) is 0 Å². The Hall–Kier alpha value is -1.63. The molecular formula is C10H13FN2O3S. The molecule has 0 atom stereocenters. The van der Waals surface area contributed by atoms with Crippen LogP contribution in [0.25, 0.3) is 0 Å². The van der Waals surface area contributed by atoms with Gasteiger partial charge in [0.05, 0.1) is 5.69 Å². The van der Waals surface area contributed by atoms with Gasteiger partial charge >= 0.3 is 0 Å². The Balaban J connectivity index is 2.72. The molecule has 0 saturated carbocycles. The van der Waals surface area contributed by atoms with E-state index < -0.39 is 27.3 Å². The zero-order valence-corrected chi connectivity index (χ0v) is 10.1. The van der Waals surface area contributed by atoms with Gasteiger partial charge in [-0.05, 0) is 18.2 Å². The number of carbonyl (C=O) groups excluding carboxylic acids is 1. The normalized spacial score (nSPS) is 11.2. The first-order valence-electron chi connectivity index (χ1n) is 4.89. The lowest BCUT2D eigenvalue weighted by Crippen LogP contribution is -2.24. The van der Waals surface area contributed by atoms with Crippen LogP contribution in [0.3, 0.4) is 0 Å². The van der Waals surface area contributed by atoms with E-state index in [2.05, 4.69) is 5.32 Å². The molecule has 1 amide bonds. The van der Waals surface area contributed by atoms with Gasteiger partial charge in [0.15, 0.2) is 9.84 Å². The van der Waals surface area contributed by atoms with Crippen LogP contribution < -0.4 is 11.1 Å². The standard InChI is InChI=1S/C10H13FN2O3S/c1-2-17(15,16)6-10(14)13-7-3-4-8(11)9(12)5-7/h3-5H,2,6,12H2,1H3,(H,13,14). The Bertz CT molecular complexity index is 528.